The van der Waals surface area contributed by atoms with Crippen molar-refractivity contribution in [2.45, 2.75) is 6.42 Å². The van der Waals surface area contributed by atoms with E-state index in [1.807, 2.05) is 0 Å². The molecule has 2 rings (SSSR count). The van der Waals surface area contributed by atoms with E-state index in [9.17, 15) is 13.6 Å². The molecule has 0 aliphatic heterocycles. The number of aromatic nitrogens is 1. The van der Waals surface area contributed by atoms with E-state index in [1.165, 1.54) is 18.3 Å². The van der Waals surface area contributed by atoms with Gasteiger partial charge in [0.15, 0.2) is 0 Å². The molecule has 1 heterocycles. The lowest BCUT2D eigenvalue weighted by Crippen LogP contribution is -2.15. The molecule has 0 aliphatic rings. The van der Waals surface area contributed by atoms with E-state index in [1.54, 1.807) is 6.07 Å². The van der Waals surface area contributed by atoms with Crippen molar-refractivity contribution < 1.29 is 13.6 Å². The Morgan fingerprint density at radius 2 is 2.05 bits per heavy atom. The van der Waals surface area contributed by atoms with Gasteiger partial charge in [0.05, 0.1) is 6.42 Å². The summed E-state index contributed by atoms with van der Waals surface area (Å²) >= 11 is 5.67. The first-order chi connectivity index (χ1) is 9.04. The molecule has 1 amide bonds. The summed E-state index contributed by atoms with van der Waals surface area (Å²) in [7, 11) is 0. The van der Waals surface area contributed by atoms with Gasteiger partial charge in [0.2, 0.25) is 5.91 Å². The van der Waals surface area contributed by atoms with Gasteiger partial charge in [0.1, 0.15) is 16.8 Å². The van der Waals surface area contributed by atoms with E-state index in [0.29, 0.717) is 5.69 Å². The van der Waals surface area contributed by atoms with Crippen LogP contribution in [0.2, 0.25) is 5.15 Å². The summed E-state index contributed by atoms with van der Waals surface area (Å²) in [5, 5.41) is 2.79. The minimum absolute atomic E-state index is 0.124. The normalized spacial score (nSPS) is 10.3. The van der Waals surface area contributed by atoms with Crippen molar-refractivity contribution >= 4 is 23.2 Å². The molecule has 1 aromatic heterocycles. The average molecular weight is 283 g/mol. The van der Waals surface area contributed by atoms with Crippen LogP contribution in [0, 0.1) is 11.6 Å². The van der Waals surface area contributed by atoms with Crippen LogP contribution in [0.5, 0.6) is 0 Å². The third-order valence-electron chi connectivity index (χ3n) is 2.38. The van der Waals surface area contributed by atoms with Gasteiger partial charge < -0.3 is 5.32 Å². The molecule has 1 aromatic carbocycles. The van der Waals surface area contributed by atoms with Crippen molar-refractivity contribution in [3.8, 4) is 0 Å². The standard InChI is InChI=1S/C13H9ClF2N2O/c14-12-7-10(3-4-17-12)18-13(19)5-8-1-2-9(15)6-11(8)16/h1-4,6-7H,5H2,(H,17,18,19). The largest absolute Gasteiger partial charge is 0.326 e. The van der Waals surface area contributed by atoms with E-state index in [4.69, 9.17) is 11.6 Å². The number of nitrogens with zero attached hydrogens (tertiary/aromatic N) is 1. The molecule has 0 spiro atoms. The van der Waals surface area contributed by atoms with Gasteiger partial charge in [-0.2, -0.15) is 0 Å². The topological polar surface area (TPSA) is 42.0 Å². The Bertz CT molecular complexity index is 619. The summed E-state index contributed by atoms with van der Waals surface area (Å²) in [5.74, 6) is -1.85. The Balaban J connectivity index is 2.05. The van der Waals surface area contributed by atoms with Gasteiger partial charge in [-0.25, -0.2) is 13.8 Å². The highest BCUT2D eigenvalue weighted by atomic mass is 35.5. The fourth-order valence-corrected chi connectivity index (χ4v) is 1.70. The number of pyridine rings is 1. The van der Waals surface area contributed by atoms with Crippen LogP contribution in [0.3, 0.4) is 0 Å². The summed E-state index contributed by atoms with van der Waals surface area (Å²) in [4.78, 5) is 15.5. The molecule has 0 unspecified atom stereocenters. The SMILES string of the molecule is O=C(Cc1ccc(F)cc1F)Nc1ccnc(Cl)c1. The van der Waals surface area contributed by atoms with Crippen molar-refractivity contribution in [2.24, 2.45) is 0 Å². The Morgan fingerprint density at radius 1 is 1.26 bits per heavy atom. The molecule has 6 heteroatoms. The molecular weight excluding hydrogens is 274 g/mol. The summed E-state index contributed by atoms with van der Waals surface area (Å²) in [6, 6.07) is 6.12. The van der Waals surface area contributed by atoms with Crippen LogP contribution in [-0.4, -0.2) is 10.9 Å². The van der Waals surface area contributed by atoms with Crippen LogP contribution in [0.15, 0.2) is 36.5 Å². The van der Waals surface area contributed by atoms with Crippen LogP contribution < -0.4 is 5.32 Å². The van der Waals surface area contributed by atoms with Gasteiger partial charge >= 0.3 is 0 Å². The molecule has 0 radical (unpaired) electrons. The average Bonchev–Trinajstić information content (AvgIpc) is 2.33. The molecule has 98 valence electrons. The van der Waals surface area contributed by atoms with Gasteiger partial charge in [-0.15, -0.1) is 0 Å². The lowest BCUT2D eigenvalue weighted by Gasteiger charge is -2.06. The lowest BCUT2D eigenvalue weighted by molar-refractivity contribution is -0.115. The summed E-state index contributed by atoms with van der Waals surface area (Å²) in [5.41, 5.74) is 0.589. The van der Waals surface area contributed by atoms with Gasteiger partial charge in [-0.05, 0) is 23.8 Å². The highest BCUT2D eigenvalue weighted by Crippen LogP contribution is 2.14. The van der Waals surface area contributed by atoms with Crippen LogP contribution in [-0.2, 0) is 11.2 Å². The highest BCUT2D eigenvalue weighted by Gasteiger charge is 2.09. The second kappa shape index (κ2) is 5.75. The maximum absolute atomic E-state index is 13.4. The highest BCUT2D eigenvalue weighted by molar-refractivity contribution is 6.29. The number of carbonyl (C=O) groups excluding carboxylic acids is 1. The Kier molecular flexibility index (Phi) is 4.06. The predicted molar refractivity (Wildman–Crippen MR) is 67.9 cm³/mol. The van der Waals surface area contributed by atoms with Crippen LogP contribution in [0.4, 0.5) is 14.5 Å². The zero-order chi connectivity index (χ0) is 13.8. The molecule has 2 aromatic rings. The molecule has 0 saturated heterocycles. The number of anilines is 1. The number of hydrogen-bond acceptors (Lipinski definition) is 2. The zero-order valence-corrected chi connectivity index (χ0v) is 10.4. The third-order valence-corrected chi connectivity index (χ3v) is 2.58. The first-order valence-corrected chi connectivity index (χ1v) is 5.78. The smallest absolute Gasteiger partial charge is 0.228 e. The van der Waals surface area contributed by atoms with Gasteiger partial charge in [0, 0.05) is 18.0 Å². The number of halogens is 3. The van der Waals surface area contributed by atoms with Crippen molar-refractivity contribution in [2.75, 3.05) is 5.32 Å². The minimum atomic E-state index is -0.747. The number of rotatable bonds is 3. The fraction of sp³-hybridized carbons (Fsp3) is 0.0769. The van der Waals surface area contributed by atoms with Crippen molar-refractivity contribution in [3.05, 3.63) is 58.9 Å². The number of nitrogens with one attached hydrogen (secondary N) is 1. The molecule has 3 nitrogen and oxygen atoms in total. The summed E-state index contributed by atoms with van der Waals surface area (Å²) in [6.45, 7) is 0. The third kappa shape index (κ3) is 3.72. The van der Waals surface area contributed by atoms with Crippen LogP contribution in [0.25, 0.3) is 0 Å². The Morgan fingerprint density at radius 3 is 2.74 bits per heavy atom. The Labute approximate surface area is 113 Å². The number of hydrogen-bond donors (Lipinski definition) is 1. The monoisotopic (exact) mass is 282 g/mol. The van der Waals surface area contributed by atoms with Crippen molar-refractivity contribution in [1.82, 2.24) is 4.98 Å². The molecule has 0 aliphatic carbocycles. The van der Waals surface area contributed by atoms with Crippen LogP contribution >= 0.6 is 11.6 Å². The molecule has 0 saturated carbocycles. The van der Waals surface area contributed by atoms with Gasteiger partial charge in [-0.1, -0.05) is 17.7 Å². The number of amides is 1. The quantitative estimate of drug-likeness (QED) is 0.879. The van der Waals surface area contributed by atoms with E-state index >= 15 is 0 Å². The number of carbonyl (C=O) groups is 1. The molecule has 19 heavy (non-hydrogen) atoms. The van der Waals surface area contributed by atoms with Crippen molar-refractivity contribution in [1.29, 1.82) is 0 Å². The summed E-state index contributed by atoms with van der Waals surface area (Å²) in [6.07, 6.45) is 1.25. The predicted octanol–water partition coefficient (Wildman–Crippen LogP) is 3.19. The molecule has 0 atom stereocenters. The maximum atomic E-state index is 13.4. The van der Waals surface area contributed by atoms with Gasteiger partial charge in [0.25, 0.3) is 0 Å². The zero-order valence-electron chi connectivity index (χ0n) is 9.66. The lowest BCUT2D eigenvalue weighted by atomic mass is 10.1. The molecular formula is C13H9ClF2N2O. The van der Waals surface area contributed by atoms with Crippen molar-refractivity contribution in [3.63, 3.8) is 0 Å². The van der Waals surface area contributed by atoms with E-state index < -0.39 is 17.5 Å². The first kappa shape index (κ1) is 13.4. The van der Waals surface area contributed by atoms with Crippen LogP contribution in [0.1, 0.15) is 5.56 Å². The minimum Gasteiger partial charge on any atom is -0.326 e. The van der Waals surface area contributed by atoms with E-state index in [2.05, 4.69) is 10.3 Å². The second-order valence-electron chi connectivity index (χ2n) is 3.83. The second-order valence-corrected chi connectivity index (χ2v) is 4.22. The van der Waals surface area contributed by atoms with Gasteiger partial charge in [-0.3, -0.25) is 4.79 Å². The van der Waals surface area contributed by atoms with E-state index in [-0.39, 0.29) is 17.1 Å². The molecule has 1 N–H and O–H groups in total. The first-order valence-electron chi connectivity index (χ1n) is 5.40. The summed E-state index contributed by atoms with van der Waals surface area (Å²) < 4.78 is 26.1. The van der Waals surface area contributed by atoms with E-state index in [0.717, 1.165) is 12.1 Å². The molecule has 0 bridgehead atoms. The fourth-order valence-electron chi connectivity index (χ4n) is 1.52. The number of benzene rings is 1. The molecule has 0 fully saturated rings. The Hall–Kier alpha value is -2.01. The maximum Gasteiger partial charge on any atom is 0.228 e.